The van der Waals surface area contributed by atoms with Crippen molar-refractivity contribution in [3.63, 3.8) is 0 Å². The van der Waals surface area contributed by atoms with Crippen LogP contribution in [0.2, 0.25) is 0 Å². The maximum atomic E-state index is 10.7. The summed E-state index contributed by atoms with van der Waals surface area (Å²) in [4.78, 5) is 10.7. The Balaban J connectivity index is 2.19. The van der Waals surface area contributed by atoms with Crippen LogP contribution in [0.5, 0.6) is 5.75 Å². The van der Waals surface area contributed by atoms with Crippen LogP contribution < -0.4 is 4.74 Å². The predicted molar refractivity (Wildman–Crippen MR) is 70.2 cm³/mol. The number of aromatic nitrogens is 2. The molecule has 1 N–H and O–H groups in total. The Morgan fingerprint density at radius 1 is 1.11 bits per heavy atom. The summed E-state index contributed by atoms with van der Waals surface area (Å²) in [5.41, 5.74) is 1.42. The van der Waals surface area contributed by atoms with E-state index in [2.05, 4.69) is 10.2 Å². The first kappa shape index (κ1) is 13.0. The number of carbonyl (C=O) groups is 1. The molecular weight excluding hydrogens is 244 g/mol. The van der Waals surface area contributed by atoms with Crippen molar-refractivity contribution in [3.05, 3.63) is 42.1 Å². The number of benzene rings is 1. The number of carboxylic acids is 1. The zero-order valence-electron chi connectivity index (χ0n) is 10.7. The van der Waals surface area contributed by atoms with Crippen molar-refractivity contribution in [2.45, 2.75) is 20.0 Å². The molecule has 0 spiro atoms. The Hall–Kier alpha value is -2.43. The number of hydrogen-bond acceptors (Lipinski definition) is 4. The van der Waals surface area contributed by atoms with Crippen LogP contribution in [0.15, 0.2) is 36.4 Å². The first-order valence-electron chi connectivity index (χ1n) is 5.90. The first-order valence-corrected chi connectivity index (χ1v) is 5.90. The van der Waals surface area contributed by atoms with Gasteiger partial charge in [0.15, 0.2) is 5.69 Å². The molecule has 1 aromatic carbocycles. The lowest BCUT2D eigenvalue weighted by atomic mass is 10.1. The van der Waals surface area contributed by atoms with Gasteiger partial charge in [-0.2, -0.15) is 0 Å². The van der Waals surface area contributed by atoms with Crippen LogP contribution in [-0.2, 0) is 0 Å². The van der Waals surface area contributed by atoms with Gasteiger partial charge in [-0.3, -0.25) is 0 Å². The Bertz CT molecular complexity index is 562. The van der Waals surface area contributed by atoms with E-state index in [0.29, 0.717) is 5.69 Å². The highest BCUT2D eigenvalue weighted by atomic mass is 16.5. The molecule has 98 valence electrons. The minimum atomic E-state index is -1.08. The van der Waals surface area contributed by atoms with Gasteiger partial charge < -0.3 is 9.84 Å². The fourth-order valence-electron chi connectivity index (χ4n) is 1.58. The molecule has 0 amide bonds. The molecule has 0 radical (unpaired) electrons. The van der Waals surface area contributed by atoms with Gasteiger partial charge in [0.1, 0.15) is 5.75 Å². The zero-order chi connectivity index (χ0) is 13.8. The quantitative estimate of drug-likeness (QED) is 0.912. The van der Waals surface area contributed by atoms with Crippen LogP contribution in [0, 0.1) is 0 Å². The minimum Gasteiger partial charge on any atom is -0.491 e. The van der Waals surface area contributed by atoms with E-state index >= 15 is 0 Å². The van der Waals surface area contributed by atoms with E-state index in [9.17, 15) is 4.79 Å². The van der Waals surface area contributed by atoms with E-state index in [0.717, 1.165) is 11.3 Å². The monoisotopic (exact) mass is 258 g/mol. The summed E-state index contributed by atoms with van der Waals surface area (Å²) in [6, 6.07) is 10.5. The molecule has 0 aliphatic carbocycles. The second-order valence-corrected chi connectivity index (χ2v) is 4.30. The number of rotatable bonds is 4. The fourth-order valence-corrected chi connectivity index (χ4v) is 1.58. The summed E-state index contributed by atoms with van der Waals surface area (Å²) in [7, 11) is 0. The normalized spacial score (nSPS) is 10.5. The van der Waals surface area contributed by atoms with Crippen molar-refractivity contribution in [2.24, 2.45) is 0 Å². The molecule has 1 heterocycles. The third-order valence-corrected chi connectivity index (χ3v) is 2.41. The highest BCUT2D eigenvalue weighted by Crippen LogP contribution is 2.20. The number of aromatic carboxylic acids is 1. The summed E-state index contributed by atoms with van der Waals surface area (Å²) < 4.78 is 5.54. The molecule has 5 heteroatoms. The molecule has 0 fully saturated rings. The van der Waals surface area contributed by atoms with Gasteiger partial charge in [0.05, 0.1) is 11.8 Å². The molecule has 5 nitrogen and oxygen atoms in total. The molecule has 0 bridgehead atoms. The molecule has 19 heavy (non-hydrogen) atoms. The van der Waals surface area contributed by atoms with Crippen molar-refractivity contribution in [1.82, 2.24) is 10.2 Å². The number of carboxylic acid groups (broad SMARTS) is 1. The average molecular weight is 258 g/mol. The SMILES string of the molecule is CC(C)Oc1ccc(-c2ccc(C(=O)O)nn2)cc1. The van der Waals surface area contributed by atoms with Crippen molar-refractivity contribution in [1.29, 1.82) is 0 Å². The van der Waals surface area contributed by atoms with Gasteiger partial charge in [-0.1, -0.05) is 0 Å². The van der Waals surface area contributed by atoms with E-state index in [1.165, 1.54) is 6.07 Å². The highest BCUT2D eigenvalue weighted by Gasteiger charge is 2.06. The summed E-state index contributed by atoms with van der Waals surface area (Å²) in [6.07, 6.45) is 0.125. The largest absolute Gasteiger partial charge is 0.491 e. The second kappa shape index (κ2) is 5.48. The standard InChI is InChI=1S/C14H14N2O3/c1-9(2)19-11-5-3-10(4-6-11)12-7-8-13(14(17)18)16-15-12/h3-9H,1-2H3,(H,17,18). The van der Waals surface area contributed by atoms with Gasteiger partial charge in [-0.25, -0.2) is 4.79 Å². The Morgan fingerprint density at radius 2 is 1.79 bits per heavy atom. The summed E-state index contributed by atoms with van der Waals surface area (Å²) in [5, 5.41) is 16.3. The second-order valence-electron chi connectivity index (χ2n) is 4.30. The van der Waals surface area contributed by atoms with Gasteiger partial charge in [0.2, 0.25) is 0 Å². The molecular formula is C14H14N2O3. The van der Waals surface area contributed by atoms with E-state index in [1.807, 2.05) is 38.1 Å². The number of ether oxygens (including phenoxy) is 1. The van der Waals surface area contributed by atoms with Gasteiger partial charge in [0, 0.05) is 5.56 Å². The maximum absolute atomic E-state index is 10.7. The van der Waals surface area contributed by atoms with Crippen molar-refractivity contribution < 1.29 is 14.6 Å². The lowest BCUT2D eigenvalue weighted by Gasteiger charge is -2.09. The molecule has 0 unspecified atom stereocenters. The molecule has 2 aromatic rings. The molecule has 0 atom stereocenters. The van der Waals surface area contributed by atoms with Crippen LogP contribution in [0.1, 0.15) is 24.3 Å². The third-order valence-electron chi connectivity index (χ3n) is 2.41. The third kappa shape index (κ3) is 3.28. The van der Waals surface area contributed by atoms with Crippen molar-refractivity contribution in [3.8, 4) is 17.0 Å². The highest BCUT2D eigenvalue weighted by molar-refractivity contribution is 5.85. The summed E-state index contributed by atoms with van der Waals surface area (Å²) in [6.45, 7) is 3.92. The van der Waals surface area contributed by atoms with Gasteiger partial charge in [0.25, 0.3) is 0 Å². The molecule has 0 saturated carbocycles. The number of nitrogens with zero attached hydrogens (tertiary/aromatic N) is 2. The van der Waals surface area contributed by atoms with Crippen LogP contribution in [0.25, 0.3) is 11.3 Å². The molecule has 0 aliphatic heterocycles. The lowest BCUT2D eigenvalue weighted by Crippen LogP contribution is -2.05. The lowest BCUT2D eigenvalue weighted by molar-refractivity contribution is 0.0689. The summed E-state index contributed by atoms with van der Waals surface area (Å²) in [5.74, 6) is -0.298. The van der Waals surface area contributed by atoms with Gasteiger partial charge in [-0.15, -0.1) is 10.2 Å². The summed E-state index contributed by atoms with van der Waals surface area (Å²) >= 11 is 0. The van der Waals surface area contributed by atoms with Crippen LogP contribution in [0.3, 0.4) is 0 Å². The Kier molecular flexibility index (Phi) is 3.75. The van der Waals surface area contributed by atoms with E-state index in [1.54, 1.807) is 6.07 Å². The Morgan fingerprint density at radius 3 is 2.26 bits per heavy atom. The fraction of sp³-hybridized carbons (Fsp3) is 0.214. The van der Waals surface area contributed by atoms with Crippen LogP contribution in [0.4, 0.5) is 0 Å². The van der Waals surface area contributed by atoms with Crippen LogP contribution in [-0.4, -0.2) is 27.4 Å². The van der Waals surface area contributed by atoms with Gasteiger partial charge in [-0.05, 0) is 50.2 Å². The minimum absolute atomic E-state index is 0.0662. The zero-order valence-corrected chi connectivity index (χ0v) is 10.7. The van der Waals surface area contributed by atoms with Crippen LogP contribution >= 0.6 is 0 Å². The molecule has 0 saturated heterocycles. The Labute approximate surface area is 110 Å². The smallest absolute Gasteiger partial charge is 0.356 e. The number of hydrogen-bond donors (Lipinski definition) is 1. The van der Waals surface area contributed by atoms with Crippen molar-refractivity contribution >= 4 is 5.97 Å². The predicted octanol–water partition coefficient (Wildman–Crippen LogP) is 2.63. The topological polar surface area (TPSA) is 72.3 Å². The van der Waals surface area contributed by atoms with Gasteiger partial charge >= 0.3 is 5.97 Å². The molecule has 2 rings (SSSR count). The van der Waals surface area contributed by atoms with E-state index < -0.39 is 5.97 Å². The van der Waals surface area contributed by atoms with E-state index in [-0.39, 0.29) is 11.8 Å². The average Bonchev–Trinajstić information content (AvgIpc) is 2.39. The molecule has 1 aromatic heterocycles. The van der Waals surface area contributed by atoms with Crippen molar-refractivity contribution in [2.75, 3.05) is 0 Å². The van der Waals surface area contributed by atoms with E-state index in [4.69, 9.17) is 9.84 Å². The molecule has 0 aliphatic rings. The first-order chi connectivity index (χ1) is 9.06. The maximum Gasteiger partial charge on any atom is 0.356 e.